The summed E-state index contributed by atoms with van der Waals surface area (Å²) in [6.07, 6.45) is 0. The molecule has 7 heteroatoms. The first-order valence-electron chi connectivity index (χ1n) is 6.78. The van der Waals surface area contributed by atoms with E-state index in [1.807, 2.05) is 6.07 Å². The van der Waals surface area contributed by atoms with Crippen molar-refractivity contribution in [3.05, 3.63) is 47.2 Å². The van der Waals surface area contributed by atoms with E-state index in [0.29, 0.717) is 21.8 Å². The maximum absolute atomic E-state index is 12.0. The first-order valence-corrected chi connectivity index (χ1v) is 7.55. The summed E-state index contributed by atoms with van der Waals surface area (Å²) in [4.78, 5) is 23.8. The van der Waals surface area contributed by atoms with Gasteiger partial charge in [-0.05, 0) is 30.6 Å². The van der Waals surface area contributed by atoms with E-state index in [1.54, 1.807) is 38.2 Å². The highest BCUT2D eigenvalue weighted by molar-refractivity contribution is 7.10. The Hall–Kier alpha value is -2.41. The van der Waals surface area contributed by atoms with Gasteiger partial charge in [-0.2, -0.15) is 4.37 Å². The molecule has 0 aliphatic carbocycles. The molecule has 0 aliphatic rings. The maximum Gasteiger partial charge on any atom is 0.343 e. The summed E-state index contributed by atoms with van der Waals surface area (Å²) in [6, 6.07) is 8.87. The molecule has 0 saturated heterocycles. The number of benzene rings is 1. The van der Waals surface area contributed by atoms with Crippen LogP contribution in [0, 0.1) is 6.92 Å². The fourth-order valence-corrected chi connectivity index (χ4v) is 2.59. The predicted molar refractivity (Wildman–Crippen MR) is 85.5 cm³/mol. The summed E-state index contributed by atoms with van der Waals surface area (Å²) in [5, 5.41) is 6.29. The first-order chi connectivity index (χ1) is 10.6. The van der Waals surface area contributed by atoms with Gasteiger partial charge in [0, 0.05) is 12.6 Å². The minimum atomic E-state index is -0.440. The van der Waals surface area contributed by atoms with Gasteiger partial charge in [0.25, 0.3) is 5.91 Å². The highest BCUT2D eigenvalue weighted by Gasteiger charge is 2.18. The molecule has 116 valence electrons. The van der Waals surface area contributed by atoms with E-state index < -0.39 is 5.97 Å². The van der Waals surface area contributed by atoms with E-state index in [2.05, 4.69) is 15.0 Å². The van der Waals surface area contributed by atoms with Gasteiger partial charge in [0.2, 0.25) is 0 Å². The quantitative estimate of drug-likeness (QED) is 0.629. The molecule has 0 bridgehead atoms. The molecule has 6 nitrogen and oxygen atoms in total. The number of carbonyl (C=O) groups excluding carboxylic acids is 2. The molecule has 0 aliphatic heterocycles. The predicted octanol–water partition coefficient (Wildman–Crippen LogP) is 2.08. The zero-order valence-electron chi connectivity index (χ0n) is 12.4. The largest absolute Gasteiger partial charge is 0.460 e. The van der Waals surface area contributed by atoms with Gasteiger partial charge in [-0.1, -0.05) is 18.2 Å². The molecule has 2 rings (SSSR count). The summed E-state index contributed by atoms with van der Waals surface area (Å²) in [6.45, 7) is 2.12. The molecule has 0 spiro atoms. The Labute approximate surface area is 132 Å². The van der Waals surface area contributed by atoms with Gasteiger partial charge in [0.05, 0.1) is 12.2 Å². The molecule has 1 heterocycles. The molecule has 1 aromatic heterocycles. The normalized spacial score (nSPS) is 10.1. The topological polar surface area (TPSA) is 80.3 Å². The molecule has 22 heavy (non-hydrogen) atoms. The number of aryl methyl sites for hydroxylation is 1. The van der Waals surface area contributed by atoms with Crippen LogP contribution in [0.2, 0.25) is 0 Å². The van der Waals surface area contributed by atoms with Gasteiger partial charge >= 0.3 is 5.97 Å². The lowest BCUT2D eigenvalue weighted by Crippen LogP contribution is -2.28. The molecule has 0 atom stereocenters. The van der Waals surface area contributed by atoms with Crippen molar-refractivity contribution in [2.24, 2.45) is 0 Å². The minimum absolute atomic E-state index is 0.107. The van der Waals surface area contributed by atoms with Crippen molar-refractivity contribution < 1.29 is 14.3 Å². The second kappa shape index (κ2) is 7.56. The van der Waals surface area contributed by atoms with E-state index in [9.17, 15) is 9.59 Å². The molecular formula is C15H17N3O3S. The molecule has 0 unspecified atom stereocenters. The summed E-state index contributed by atoms with van der Waals surface area (Å²) in [7, 11) is 1.73. The van der Waals surface area contributed by atoms with Crippen LogP contribution in [-0.4, -0.2) is 36.4 Å². The van der Waals surface area contributed by atoms with E-state index >= 15 is 0 Å². The second-order valence-electron chi connectivity index (χ2n) is 4.48. The Kier molecular flexibility index (Phi) is 5.48. The standard InChI is InChI=1S/C15H17N3O3S/c1-10-12(14(16-2)22-18-10)15(20)21-9-8-17-13(19)11-6-4-3-5-7-11/h3-7,16H,8-9H2,1-2H3,(H,17,19). The monoisotopic (exact) mass is 319 g/mol. The van der Waals surface area contributed by atoms with Crippen molar-refractivity contribution >= 4 is 28.4 Å². The number of ether oxygens (including phenoxy) is 1. The third-order valence-electron chi connectivity index (χ3n) is 2.95. The van der Waals surface area contributed by atoms with Crippen LogP contribution < -0.4 is 10.6 Å². The summed E-state index contributed by atoms with van der Waals surface area (Å²) in [5.41, 5.74) is 1.65. The molecule has 0 saturated carbocycles. The van der Waals surface area contributed by atoms with E-state index in [0.717, 1.165) is 0 Å². The molecule has 2 aromatic rings. The number of aromatic nitrogens is 1. The number of hydrogen-bond acceptors (Lipinski definition) is 6. The Bertz CT molecular complexity index is 655. The number of carbonyl (C=O) groups is 2. The minimum Gasteiger partial charge on any atom is -0.460 e. The van der Waals surface area contributed by atoms with Crippen molar-refractivity contribution in [3.63, 3.8) is 0 Å². The SMILES string of the molecule is CNc1snc(C)c1C(=O)OCCNC(=O)c1ccccc1. The van der Waals surface area contributed by atoms with Crippen LogP contribution in [0.4, 0.5) is 5.00 Å². The van der Waals surface area contributed by atoms with Crippen LogP contribution in [0.3, 0.4) is 0 Å². The van der Waals surface area contributed by atoms with Gasteiger partial charge in [-0.25, -0.2) is 4.79 Å². The number of esters is 1. The summed E-state index contributed by atoms with van der Waals surface area (Å²) < 4.78 is 9.28. The van der Waals surface area contributed by atoms with E-state index in [1.165, 1.54) is 11.5 Å². The lowest BCUT2D eigenvalue weighted by atomic mass is 10.2. The van der Waals surface area contributed by atoms with Crippen LogP contribution in [0.1, 0.15) is 26.4 Å². The van der Waals surface area contributed by atoms with Crippen LogP contribution in [0.5, 0.6) is 0 Å². The zero-order valence-corrected chi connectivity index (χ0v) is 13.2. The van der Waals surface area contributed by atoms with Crippen LogP contribution >= 0.6 is 11.5 Å². The zero-order chi connectivity index (χ0) is 15.9. The Morgan fingerprint density at radius 1 is 1.27 bits per heavy atom. The molecule has 0 radical (unpaired) electrons. The average Bonchev–Trinajstić information content (AvgIpc) is 2.92. The average molecular weight is 319 g/mol. The number of rotatable bonds is 6. The summed E-state index contributed by atoms with van der Waals surface area (Å²) >= 11 is 1.21. The maximum atomic E-state index is 12.0. The molecule has 1 aromatic carbocycles. The fraction of sp³-hybridized carbons (Fsp3) is 0.267. The fourth-order valence-electron chi connectivity index (χ4n) is 1.85. The van der Waals surface area contributed by atoms with E-state index in [4.69, 9.17) is 4.74 Å². The van der Waals surface area contributed by atoms with Gasteiger partial charge < -0.3 is 15.4 Å². The Morgan fingerprint density at radius 2 is 2.00 bits per heavy atom. The second-order valence-corrected chi connectivity index (χ2v) is 5.25. The highest BCUT2D eigenvalue weighted by atomic mass is 32.1. The Balaban J connectivity index is 1.80. The number of anilines is 1. The van der Waals surface area contributed by atoms with Crippen molar-refractivity contribution in [2.75, 3.05) is 25.5 Å². The lowest BCUT2D eigenvalue weighted by molar-refractivity contribution is 0.0503. The van der Waals surface area contributed by atoms with Gasteiger partial charge in [0.15, 0.2) is 0 Å². The third-order valence-corrected chi connectivity index (χ3v) is 3.91. The molecular weight excluding hydrogens is 302 g/mol. The van der Waals surface area contributed by atoms with Crippen LogP contribution in [0.15, 0.2) is 30.3 Å². The van der Waals surface area contributed by atoms with Crippen molar-refractivity contribution in [1.29, 1.82) is 0 Å². The number of nitrogens with zero attached hydrogens (tertiary/aromatic N) is 1. The lowest BCUT2D eigenvalue weighted by Gasteiger charge is -2.07. The Morgan fingerprint density at radius 3 is 2.68 bits per heavy atom. The number of nitrogens with one attached hydrogen (secondary N) is 2. The first kappa shape index (κ1) is 16.0. The van der Waals surface area contributed by atoms with Gasteiger partial charge in [0.1, 0.15) is 17.2 Å². The van der Waals surface area contributed by atoms with Crippen LogP contribution in [0.25, 0.3) is 0 Å². The molecule has 1 amide bonds. The molecule has 2 N–H and O–H groups in total. The van der Waals surface area contributed by atoms with Gasteiger partial charge in [-0.15, -0.1) is 0 Å². The van der Waals surface area contributed by atoms with Crippen molar-refractivity contribution in [1.82, 2.24) is 9.69 Å². The van der Waals surface area contributed by atoms with Gasteiger partial charge in [-0.3, -0.25) is 4.79 Å². The third kappa shape index (κ3) is 3.82. The van der Waals surface area contributed by atoms with E-state index in [-0.39, 0.29) is 19.1 Å². The van der Waals surface area contributed by atoms with Crippen molar-refractivity contribution in [2.45, 2.75) is 6.92 Å². The van der Waals surface area contributed by atoms with Crippen molar-refractivity contribution in [3.8, 4) is 0 Å². The number of hydrogen-bond donors (Lipinski definition) is 2. The smallest absolute Gasteiger partial charge is 0.343 e. The van der Waals surface area contributed by atoms with Crippen LogP contribution in [-0.2, 0) is 4.74 Å². The highest BCUT2D eigenvalue weighted by Crippen LogP contribution is 2.24. The number of amides is 1. The molecule has 0 fully saturated rings. The summed E-state index contributed by atoms with van der Waals surface area (Å²) in [5.74, 6) is -0.634.